The third kappa shape index (κ3) is 3.88. The Morgan fingerprint density at radius 2 is 1.92 bits per heavy atom. The lowest BCUT2D eigenvalue weighted by molar-refractivity contribution is -0.131. The zero-order chi connectivity index (χ0) is 18.7. The van der Waals surface area contributed by atoms with Crippen LogP contribution in [0.25, 0.3) is 6.08 Å². The first-order valence-electron chi connectivity index (χ1n) is 8.13. The number of anilines is 1. The van der Waals surface area contributed by atoms with Crippen LogP contribution in [0, 0.1) is 0 Å². The predicted octanol–water partition coefficient (Wildman–Crippen LogP) is 3.08. The summed E-state index contributed by atoms with van der Waals surface area (Å²) in [5.41, 5.74) is 3.36. The largest absolute Gasteiger partial charge is 0.495 e. The van der Waals surface area contributed by atoms with Crippen LogP contribution in [0.2, 0.25) is 0 Å². The van der Waals surface area contributed by atoms with Crippen LogP contribution in [-0.2, 0) is 27.7 Å². The van der Waals surface area contributed by atoms with Crippen LogP contribution in [0.5, 0.6) is 5.75 Å². The van der Waals surface area contributed by atoms with E-state index in [4.69, 9.17) is 9.84 Å². The van der Waals surface area contributed by atoms with Gasteiger partial charge in [-0.25, -0.2) is 13.2 Å². The Hall–Kier alpha value is -2.80. The highest BCUT2D eigenvalue weighted by Crippen LogP contribution is 2.29. The van der Waals surface area contributed by atoms with Crippen molar-refractivity contribution in [1.82, 2.24) is 0 Å². The first-order valence-corrected chi connectivity index (χ1v) is 9.61. The number of hydrogen-bond acceptors (Lipinski definition) is 4. The van der Waals surface area contributed by atoms with Gasteiger partial charge in [-0.15, -0.1) is 0 Å². The van der Waals surface area contributed by atoms with E-state index < -0.39 is 16.0 Å². The number of carbonyl (C=O) groups is 1. The molecule has 0 saturated carbocycles. The number of fused-ring (bicyclic) bond motifs is 1. The van der Waals surface area contributed by atoms with Gasteiger partial charge in [0.2, 0.25) is 0 Å². The van der Waals surface area contributed by atoms with Crippen molar-refractivity contribution in [3.63, 3.8) is 0 Å². The molecule has 2 aromatic rings. The minimum absolute atomic E-state index is 0.0481. The molecule has 6 nitrogen and oxygen atoms in total. The molecule has 0 atom stereocenters. The number of sulfonamides is 1. The summed E-state index contributed by atoms with van der Waals surface area (Å²) in [5, 5.41) is 8.73. The highest BCUT2D eigenvalue weighted by atomic mass is 32.2. The highest BCUT2D eigenvalue weighted by Gasteiger charge is 2.21. The lowest BCUT2D eigenvalue weighted by Crippen LogP contribution is -2.14. The molecule has 0 bridgehead atoms. The van der Waals surface area contributed by atoms with Gasteiger partial charge >= 0.3 is 5.97 Å². The SMILES string of the molecule is COc1ccc(C=CC(=O)O)cc1S(=O)(=O)Nc1ccc2c(c1)CCC2. The number of aryl methyl sites for hydroxylation is 2. The van der Waals surface area contributed by atoms with E-state index in [0.29, 0.717) is 11.3 Å². The summed E-state index contributed by atoms with van der Waals surface area (Å²) >= 11 is 0. The molecule has 0 heterocycles. The van der Waals surface area contributed by atoms with Crippen molar-refractivity contribution < 1.29 is 23.1 Å². The lowest BCUT2D eigenvalue weighted by Gasteiger charge is -2.13. The fraction of sp³-hybridized carbons (Fsp3) is 0.211. The van der Waals surface area contributed by atoms with Crippen molar-refractivity contribution in [2.45, 2.75) is 24.2 Å². The fourth-order valence-electron chi connectivity index (χ4n) is 3.02. The number of carboxylic acid groups (broad SMARTS) is 1. The summed E-state index contributed by atoms with van der Waals surface area (Å²) in [6.45, 7) is 0. The van der Waals surface area contributed by atoms with E-state index in [1.54, 1.807) is 12.1 Å². The maximum atomic E-state index is 12.8. The van der Waals surface area contributed by atoms with E-state index >= 15 is 0 Å². The number of aliphatic carboxylic acids is 1. The first-order chi connectivity index (χ1) is 12.4. The van der Waals surface area contributed by atoms with Crippen LogP contribution in [-0.4, -0.2) is 26.6 Å². The maximum Gasteiger partial charge on any atom is 0.328 e. The van der Waals surface area contributed by atoms with E-state index in [9.17, 15) is 13.2 Å². The standard InChI is InChI=1S/C19H19NO5S/c1-25-17-9-5-13(6-10-19(21)22)11-18(17)26(23,24)20-16-8-7-14-3-2-4-15(14)12-16/h5-12,20H,2-4H2,1H3,(H,21,22). The molecule has 2 N–H and O–H groups in total. The van der Waals surface area contributed by atoms with Gasteiger partial charge in [-0.3, -0.25) is 4.72 Å². The number of rotatable bonds is 6. The second-order valence-corrected chi connectivity index (χ2v) is 7.68. The first kappa shape index (κ1) is 18.0. The Balaban J connectivity index is 1.94. The average molecular weight is 373 g/mol. The van der Waals surface area contributed by atoms with Gasteiger partial charge in [-0.1, -0.05) is 12.1 Å². The van der Waals surface area contributed by atoms with E-state index in [-0.39, 0.29) is 10.6 Å². The van der Waals surface area contributed by atoms with E-state index in [2.05, 4.69) is 4.72 Å². The van der Waals surface area contributed by atoms with E-state index in [1.165, 1.54) is 30.9 Å². The average Bonchev–Trinajstić information content (AvgIpc) is 3.07. The Bertz CT molecular complexity index is 979. The molecule has 0 radical (unpaired) electrons. The molecule has 7 heteroatoms. The second kappa shape index (κ2) is 7.21. The van der Waals surface area contributed by atoms with Crippen LogP contribution in [0.15, 0.2) is 47.4 Å². The molecule has 0 unspecified atom stereocenters. The molecule has 1 aliphatic rings. The molecule has 0 saturated heterocycles. The zero-order valence-corrected chi connectivity index (χ0v) is 15.0. The van der Waals surface area contributed by atoms with Gasteiger partial charge in [0.25, 0.3) is 10.0 Å². The van der Waals surface area contributed by atoms with Crippen molar-refractivity contribution in [1.29, 1.82) is 0 Å². The zero-order valence-electron chi connectivity index (χ0n) is 14.2. The van der Waals surface area contributed by atoms with Crippen molar-refractivity contribution >= 4 is 27.8 Å². The van der Waals surface area contributed by atoms with Gasteiger partial charge in [-0.05, 0) is 66.3 Å². The number of carboxylic acids is 1. The number of hydrogen-bond donors (Lipinski definition) is 2. The number of nitrogens with one attached hydrogen (secondary N) is 1. The predicted molar refractivity (Wildman–Crippen MR) is 98.9 cm³/mol. The molecule has 3 rings (SSSR count). The topological polar surface area (TPSA) is 92.7 Å². The van der Waals surface area contributed by atoms with Crippen molar-refractivity contribution in [3.8, 4) is 5.75 Å². The number of benzene rings is 2. The van der Waals surface area contributed by atoms with Gasteiger partial charge < -0.3 is 9.84 Å². The maximum absolute atomic E-state index is 12.8. The van der Waals surface area contributed by atoms with Crippen molar-refractivity contribution in [2.75, 3.05) is 11.8 Å². The third-order valence-electron chi connectivity index (χ3n) is 4.25. The molecular formula is C19H19NO5S. The Kier molecular flexibility index (Phi) is 4.99. The van der Waals surface area contributed by atoms with Gasteiger partial charge in [0.1, 0.15) is 10.6 Å². The van der Waals surface area contributed by atoms with E-state index in [1.807, 2.05) is 12.1 Å². The lowest BCUT2D eigenvalue weighted by atomic mass is 10.1. The third-order valence-corrected chi connectivity index (χ3v) is 5.65. The molecule has 0 spiro atoms. The monoisotopic (exact) mass is 373 g/mol. The molecule has 0 fully saturated rings. The van der Waals surface area contributed by atoms with Gasteiger partial charge in [0.15, 0.2) is 0 Å². The van der Waals surface area contributed by atoms with Gasteiger partial charge in [0, 0.05) is 11.8 Å². The van der Waals surface area contributed by atoms with E-state index in [0.717, 1.165) is 30.9 Å². The smallest absolute Gasteiger partial charge is 0.328 e. The summed E-state index contributed by atoms with van der Waals surface area (Å²) in [4.78, 5) is 10.6. The summed E-state index contributed by atoms with van der Waals surface area (Å²) in [5.74, 6) is -0.923. The molecule has 0 amide bonds. The molecule has 1 aliphatic carbocycles. The van der Waals surface area contributed by atoms with Crippen LogP contribution < -0.4 is 9.46 Å². The second-order valence-electron chi connectivity index (χ2n) is 6.02. The molecule has 2 aromatic carbocycles. The fourth-order valence-corrected chi connectivity index (χ4v) is 4.27. The van der Waals surface area contributed by atoms with Gasteiger partial charge in [-0.2, -0.15) is 0 Å². The highest BCUT2D eigenvalue weighted by molar-refractivity contribution is 7.92. The van der Waals surface area contributed by atoms with Gasteiger partial charge in [0.05, 0.1) is 7.11 Å². The number of methoxy groups -OCH3 is 1. The quantitative estimate of drug-likeness (QED) is 0.759. The van der Waals surface area contributed by atoms with Crippen LogP contribution >= 0.6 is 0 Å². The Morgan fingerprint density at radius 3 is 2.65 bits per heavy atom. The molecule has 0 aromatic heterocycles. The summed E-state index contributed by atoms with van der Waals surface area (Å²) < 4.78 is 33.4. The van der Waals surface area contributed by atoms with Crippen molar-refractivity contribution in [3.05, 3.63) is 59.2 Å². The number of ether oxygens (including phenoxy) is 1. The summed E-state index contributed by atoms with van der Waals surface area (Å²) in [6.07, 6.45) is 5.33. The molecule has 0 aliphatic heterocycles. The van der Waals surface area contributed by atoms with Crippen LogP contribution in [0.3, 0.4) is 0 Å². The minimum atomic E-state index is -3.89. The van der Waals surface area contributed by atoms with Crippen LogP contribution in [0.4, 0.5) is 5.69 Å². The Labute approximate surface area is 152 Å². The molecule has 26 heavy (non-hydrogen) atoms. The minimum Gasteiger partial charge on any atom is -0.495 e. The van der Waals surface area contributed by atoms with Crippen molar-refractivity contribution in [2.24, 2.45) is 0 Å². The summed E-state index contributed by atoms with van der Waals surface area (Å²) in [7, 11) is -2.51. The van der Waals surface area contributed by atoms with Crippen LogP contribution in [0.1, 0.15) is 23.1 Å². The normalized spacial score (nSPS) is 13.6. The molecular weight excluding hydrogens is 354 g/mol. The molecule has 136 valence electrons. The Morgan fingerprint density at radius 1 is 1.15 bits per heavy atom. The summed E-state index contributed by atoms with van der Waals surface area (Å²) in [6, 6.07) is 10.0.